The van der Waals surface area contributed by atoms with Crippen molar-refractivity contribution in [3.63, 3.8) is 0 Å². The molecule has 0 spiro atoms. The fraction of sp³-hybridized carbons (Fsp3) is 0.700. The molecule has 0 bridgehead atoms. The third-order valence-corrected chi connectivity index (χ3v) is 2.33. The summed E-state index contributed by atoms with van der Waals surface area (Å²) in [5.41, 5.74) is 0. The lowest BCUT2D eigenvalue weighted by Gasteiger charge is -2.16. The van der Waals surface area contributed by atoms with E-state index in [1.54, 1.807) is 6.20 Å². The minimum Gasteiger partial charge on any atom is -0.396 e. The molecule has 1 aromatic rings. The molecule has 0 aliphatic heterocycles. The van der Waals surface area contributed by atoms with Crippen molar-refractivity contribution in [3.05, 3.63) is 18.2 Å². The summed E-state index contributed by atoms with van der Waals surface area (Å²) in [5, 5.41) is 12.2. The van der Waals surface area contributed by atoms with E-state index in [2.05, 4.69) is 17.2 Å². The Morgan fingerprint density at radius 2 is 2.29 bits per heavy atom. The first-order valence-electron chi connectivity index (χ1n) is 4.96. The Bertz CT molecular complexity index is 272. The quantitative estimate of drug-likeness (QED) is 0.730. The molecule has 0 fully saturated rings. The SMILES string of the molecule is CC(CO)CNC(C)c1nccn1C. The molecule has 4 nitrogen and oxygen atoms in total. The van der Waals surface area contributed by atoms with Crippen molar-refractivity contribution in [1.29, 1.82) is 0 Å². The molecule has 0 saturated heterocycles. The van der Waals surface area contributed by atoms with Gasteiger partial charge in [-0.15, -0.1) is 0 Å². The largest absolute Gasteiger partial charge is 0.396 e. The number of aliphatic hydroxyl groups is 1. The summed E-state index contributed by atoms with van der Waals surface area (Å²) in [6.45, 7) is 5.12. The van der Waals surface area contributed by atoms with E-state index in [1.807, 2.05) is 24.7 Å². The number of imidazole rings is 1. The van der Waals surface area contributed by atoms with E-state index < -0.39 is 0 Å². The van der Waals surface area contributed by atoms with E-state index >= 15 is 0 Å². The third kappa shape index (κ3) is 2.82. The van der Waals surface area contributed by atoms with Crippen molar-refractivity contribution >= 4 is 0 Å². The number of rotatable bonds is 5. The second-order valence-electron chi connectivity index (χ2n) is 3.81. The molecular weight excluding hydrogens is 178 g/mol. The van der Waals surface area contributed by atoms with E-state index in [0.29, 0.717) is 0 Å². The zero-order chi connectivity index (χ0) is 10.6. The number of nitrogens with zero attached hydrogens (tertiary/aromatic N) is 2. The standard InChI is InChI=1S/C10H19N3O/c1-8(7-14)6-12-9(2)10-11-4-5-13(10)3/h4-5,8-9,12,14H,6-7H2,1-3H3. The number of hydrogen-bond acceptors (Lipinski definition) is 3. The highest BCUT2D eigenvalue weighted by Crippen LogP contribution is 2.08. The molecule has 0 radical (unpaired) electrons. The van der Waals surface area contributed by atoms with E-state index in [-0.39, 0.29) is 18.6 Å². The van der Waals surface area contributed by atoms with Crippen LogP contribution in [0.1, 0.15) is 25.7 Å². The van der Waals surface area contributed by atoms with E-state index in [4.69, 9.17) is 5.11 Å². The van der Waals surface area contributed by atoms with Gasteiger partial charge in [0.2, 0.25) is 0 Å². The molecule has 0 aliphatic carbocycles. The molecule has 1 rings (SSSR count). The van der Waals surface area contributed by atoms with Crippen molar-refractivity contribution in [3.8, 4) is 0 Å². The fourth-order valence-electron chi connectivity index (χ4n) is 1.33. The van der Waals surface area contributed by atoms with Crippen LogP contribution in [0.25, 0.3) is 0 Å². The van der Waals surface area contributed by atoms with Crippen molar-refractivity contribution < 1.29 is 5.11 Å². The molecule has 0 aliphatic rings. The molecule has 2 atom stereocenters. The third-order valence-electron chi connectivity index (χ3n) is 2.33. The molecule has 4 heteroatoms. The van der Waals surface area contributed by atoms with Gasteiger partial charge >= 0.3 is 0 Å². The van der Waals surface area contributed by atoms with Gasteiger partial charge in [-0.3, -0.25) is 0 Å². The summed E-state index contributed by atoms with van der Waals surface area (Å²) < 4.78 is 2.00. The van der Waals surface area contributed by atoms with Gasteiger partial charge in [0.05, 0.1) is 6.04 Å². The molecule has 1 heterocycles. The van der Waals surface area contributed by atoms with Gasteiger partial charge in [-0.1, -0.05) is 6.92 Å². The minimum absolute atomic E-state index is 0.223. The number of hydrogen-bond donors (Lipinski definition) is 2. The second kappa shape index (κ2) is 5.12. The molecule has 14 heavy (non-hydrogen) atoms. The topological polar surface area (TPSA) is 50.1 Å². The van der Waals surface area contributed by atoms with E-state index in [1.165, 1.54) is 0 Å². The second-order valence-corrected chi connectivity index (χ2v) is 3.81. The smallest absolute Gasteiger partial charge is 0.125 e. The summed E-state index contributed by atoms with van der Waals surface area (Å²) in [6, 6.07) is 0.226. The number of aromatic nitrogens is 2. The zero-order valence-electron chi connectivity index (χ0n) is 9.07. The van der Waals surface area contributed by atoms with Crippen LogP contribution >= 0.6 is 0 Å². The molecule has 0 aromatic carbocycles. The maximum absolute atomic E-state index is 8.87. The normalized spacial score (nSPS) is 15.4. The van der Waals surface area contributed by atoms with E-state index in [0.717, 1.165) is 12.4 Å². The Morgan fingerprint density at radius 3 is 2.79 bits per heavy atom. The van der Waals surface area contributed by atoms with Crippen LogP contribution in [0.2, 0.25) is 0 Å². The van der Waals surface area contributed by atoms with Gasteiger partial charge in [0.25, 0.3) is 0 Å². The number of aryl methyl sites for hydroxylation is 1. The first kappa shape index (κ1) is 11.2. The summed E-state index contributed by atoms with van der Waals surface area (Å²) in [4.78, 5) is 4.26. The minimum atomic E-state index is 0.223. The molecule has 80 valence electrons. The molecule has 1 aromatic heterocycles. The lowest BCUT2D eigenvalue weighted by atomic mass is 10.2. The van der Waals surface area contributed by atoms with Gasteiger partial charge in [-0.05, 0) is 12.8 Å². The van der Waals surface area contributed by atoms with Crippen molar-refractivity contribution in [2.24, 2.45) is 13.0 Å². The number of nitrogens with one attached hydrogen (secondary N) is 1. The van der Waals surface area contributed by atoms with Gasteiger partial charge < -0.3 is 15.0 Å². The average Bonchev–Trinajstić information content (AvgIpc) is 2.60. The van der Waals surface area contributed by atoms with Crippen LogP contribution in [0.5, 0.6) is 0 Å². The predicted octanol–water partition coefficient (Wildman–Crippen LogP) is 0.699. The van der Waals surface area contributed by atoms with Gasteiger partial charge in [-0.25, -0.2) is 4.98 Å². The Kier molecular flexibility index (Phi) is 4.10. The summed E-state index contributed by atoms with van der Waals surface area (Å²) in [6.07, 6.45) is 3.73. The first-order valence-corrected chi connectivity index (χ1v) is 4.96. The van der Waals surface area contributed by atoms with Crippen LogP contribution in [0.15, 0.2) is 12.4 Å². The Hall–Kier alpha value is -0.870. The summed E-state index contributed by atoms with van der Waals surface area (Å²) in [7, 11) is 1.98. The maximum atomic E-state index is 8.87. The molecule has 2 unspecified atom stereocenters. The Morgan fingerprint density at radius 1 is 1.57 bits per heavy atom. The van der Waals surface area contributed by atoms with Crippen LogP contribution in [-0.2, 0) is 7.05 Å². The zero-order valence-corrected chi connectivity index (χ0v) is 9.07. The highest BCUT2D eigenvalue weighted by atomic mass is 16.3. The molecule has 2 N–H and O–H groups in total. The average molecular weight is 197 g/mol. The highest BCUT2D eigenvalue weighted by molar-refractivity contribution is 4.96. The first-order chi connectivity index (χ1) is 6.65. The maximum Gasteiger partial charge on any atom is 0.125 e. The van der Waals surface area contributed by atoms with Gasteiger partial charge in [-0.2, -0.15) is 0 Å². The monoisotopic (exact) mass is 197 g/mol. The summed E-state index contributed by atoms with van der Waals surface area (Å²) >= 11 is 0. The lowest BCUT2D eigenvalue weighted by Crippen LogP contribution is -2.27. The van der Waals surface area contributed by atoms with Crippen LogP contribution in [0.3, 0.4) is 0 Å². The molecule has 0 amide bonds. The summed E-state index contributed by atoms with van der Waals surface area (Å²) in [5.74, 6) is 1.31. The number of aliphatic hydroxyl groups excluding tert-OH is 1. The fourth-order valence-corrected chi connectivity index (χ4v) is 1.33. The van der Waals surface area contributed by atoms with Crippen LogP contribution in [0, 0.1) is 5.92 Å². The lowest BCUT2D eigenvalue weighted by molar-refractivity contribution is 0.230. The van der Waals surface area contributed by atoms with Crippen molar-refractivity contribution in [2.75, 3.05) is 13.2 Å². The predicted molar refractivity (Wildman–Crippen MR) is 55.9 cm³/mol. The van der Waals surface area contributed by atoms with Crippen molar-refractivity contribution in [1.82, 2.24) is 14.9 Å². The van der Waals surface area contributed by atoms with E-state index in [9.17, 15) is 0 Å². The Balaban J connectivity index is 2.43. The van der Waals surface area contributed by atoms with Gasteiger partial charge in [0.15, 0.2) is 0 Å². The van der Waals surface area contributed by atoms with Crippen LogP contribution < -0.4 is 5.32 Å². The van der Waals surface area contributed by atoms with Crippen LogP contribution in [0.4, 0.5) is 0 Å². The Labute approximate surface area is 85.0 Å². The van der Waals surface area contributed by atoms with Crippen LogP contribution in [-0.4, -0.2) is 27.8 Å². The van der Waals surface area contributed by atoms with Gasteiger partial charge in [0, 0.05) is 32.6 Å². The van der Waals surface area contributed by atoms with Gasteiger partial charge in [0.1, 0.15) is 5.82 Å². The molecule has 0 saturated carbocycles. The highest BCUT2D eigenvalue weighted by Gasteiger charge is 2.10. The molecular formula is C10H19N3O. The van der Waals surface area contributed by atoms with Crippen molar-refractivity contribution in [2.45, 2.75) is 19.9 Å².